The summed E-state index contributed by atoms with van der Waals surface area (Å²) < 4.78 is 0. The van der Waals surface area contributed by atoms with Crippen LogP contribution in [0.25, 0.3) is 0 Å². The van der Waals surface area contributed by atoms with Crippen molar-refractivity contribution in [3.8, 4) is 0 Å². The fraction of sp³-hybridized carbons (Fsp3) is 0.526. The van der Waals surface area contributed by atoms with Gasteiger partial charge in [0.25, 0.3) is 0 Å². The van der Waals surface area contributed by atoms with Crippen LogP contribution in [0.3, 0.4) is 0 Å². The molecule has 0 aliphatic carbocycles. The molecule has 0 saturated heterocycles. The number of hydrogen-bond donors (Lipinski definition) is 1. The molecule has 0 heterocycles. The fourth-order valence-electron chi connectivity index (χ4n) is 2.36. The molecule has 0 aromatic heterocycles. The van der Waals surface area contributed by atoms with Gasteiger partial charge in [-0.2, -0.15) is 0 Å². The highest BCUT2D eigenvalue weighted by Crippen LogP contribution is 2.28. The quantitative estimate of drug-likeness (QED) is 0.616. The van der Waals surface area contributed by atoms with Crippen molar-refractivity contribution in [3.63, 3.8) is 0 Å². The maximum atomic E-state index is 12.0. The Morgan fingerprint density at radius 2 is 1.68 bits per heavy atom. The molecule has 0 saturated carbocycles. The molecule has 0 spiro atoms. The molecule has 0 unspecified atom stereocenters. The Labute approximate surface area is 136 Å². The summed E-state index contributed by atoms with van der Waals surface area (Å²) in [5.41, 5.74) is 1.23. The third-order valence-corrected chi connectivity index (χ3v) is 6.24. The molecule has 2 atom stereocenters. The van der Waals surface area contributed by atoms with E-state index in [0.717, 1.165) is 0 Å². The predicted octanol–water partition coefficient (Wildman–Crippen LogP) is 4.57. The minimum absolute atomic E-state index is 0.0916. The van der Waals surface area contributed by atoms with Crippen LogP contribution >= 0.6 is 0 Å². The van der Waals surface area contributed by atoms with Crippen molar-refractivity contribution in [1.82, 2.24) is 0 Å². The van der Waals surface area contributed by atoms with Gasteiger partial charge >= 0.3 is 0 Å². The maximum absolute atomic E-state index is 12.0. The number of carbonyl (C=O) groups excluding carboxylic acids is 1. The van der Waals surface area contributed by atoms with Crippen LogP contribution in [0.15, 0.2) is 42.5 Å². The zero-order valence-corrected chi connectivity index (χ0v) is 15.8. The van der Waals surface area contributed by atoms with Crippen molar-refractivity contribution < 1.29 is 9.90 Å². The number of Topliss-reactive ketones (excluding diaryl/α,β-unsaturated/α-hetero) is 1. The van der Waals surface area contributed by atoms with E-state index in [1.165, 1.54) is 5.56 Å². The summed E-state index contributed by atoms with van der Waals surface area (Å²) in [7, 11) is -1.45. The molecule has 122 valence electrons. The van der Waals surface area contributed by atoms with Crippen LogP contribution in [0.5, 0.6) is 0 Å². The Bertz CT molecular complexity index is 506. The maximum Gasteiger partial charge on any atom is 0.141 e. The Kier molecular flexibility index (Phi) is 6.33. The van der Waals surface area contributed by atoms with E-state index in [0.29, 0.717) is 5.54 Å². The largest absolute Gasteiger partial charge is 0.389 e. The number of ketones is 1. The Morgan fingerprint density at radius 1 is 1.14 bits per heavy atom. The topological polar surface area (TPSA) is 37.3 Å². The molecule has 3 heteroatoms. The minimum Gasteiger partial charge on any atom is -0.389 e. The van der Waals surface area contributed by atoms with Gasteiger partial charge in [0.1, 0.15) is 5.78 Å². The minimum atomic E-state index is -1.45. The molecule has 1 N–H and O–H groups in total. The highest BCUT2D eigenvalue weighted by molar-refractivity contribution is 6.78. The number of allylic oxidation sites excluding steroid dienone is 1. The molecule has 1 aromatic carbocycles. The molecule has 0 aliphatic heterocycles. The number of carbonyl (C=O) groups is 1. The highest BCUT2D eigenvalue weighted by Gasteiger charge is 2.27. The van der Waals surface area contributed by atoms with Gasteiger partial charge in [-0.15, -0.1) is 0 Å². The third kappa shape index (κ3) is 5.89. The van der Waals surface area contributed by atoms with Gasteiger partial charge in [-0.05, 0) is 11.1 Å². The normalized spacial score (nSPS) is 15.8. The third-order valence-electron chi connectivity index (χ3n) is 3.85. The van der Waals surface area contributed by atoms with E-state index in [1.54, 1.807) is 6.08 Å². The Hall–Kier alpha value is -1.19. The summed E-state index contributed by atoms with van der Waals surface area (Å²) in [6.45, 7) is 12.6. The second-order valence-corrected chi connectivity index (χ2v) is 13.4. The van der Waals surface area contributed by atoms with E-state index in [2.05, 4.69) is 50.0 Å². The molecule has 0 aliphatic rings. The van der Waals surface area contributed by atoms with Crippen LogP contribution in [0.4, 0.5) is 0 Å². The molecule has 0 radical (unpaired) electrons. The summed E-state index contributed by atoms with van der Waals surface area (Å²) in [6, 6.07) is 10.4. The van der Waals surface area contributed by atoms with Gasteiger partial charge in [0, 0.05) is 11.8 Å². The lowest BCUT2D eigenvalue weighted by molar-refractivity contribution is -0.127. The van der Waals surface area contributed by atoms with Crippen LogP contribution < -0.4 is 0 Å². The second kappa shape index (κ2) is 7.38. The van der Waals surface area contributed by atoms with E-state index in [-0.39, 0.29) is 12.2 Å². The SMILES string of the molecule is CC(C)(C)C(=O)C[C@H](O)/C=C\[C@@H](c1ccccc1)[Si](C)(C)C. The summed E-state index contributed by atoms with van der Waals surface area (Å²) in [6.07, 6.45) is 3.39. The summed E-state index contributed by atoms with van der Waals surface area (Å²) in [4.78, 5) is 12.0. The van der Waals surface area contributed by atoms with Crippen LogP contribution in [0.2, 0.25) is 19.6 Å². The van der Waals surface area contributed by atoms with Gasteiger partial charge in [0.05, 0.1) is 14.2 Å². The lowest BCUT2D eigenvalue weighted by Gasteiger charge is -2.27. The molecule has 0 fully saturated rings. The van der Waals surface area contributed by atoms with Gasteiger partial charge < -0.3 is 5.11 Å². The second-order valence-electron chi connectivity index (χ2n) is 8.08. The number of hydrogen-bond acceptors (Lipinski definition) is 2. The van der Waals surface area contributed by atoms with Gasteiger partial charge in [-0.1, -0.05) is 82.9 Å². The Morgan fingerprint density at radius 3 is 2.14 bits per heavy atom. The lowest BCUT2D eigenvalue weighted by Crippen LogP contribution is -2.30. The highest BCUT2D eigenvalue weighted by atomic mass is 28.3. The standard InChI is InChI=1S/C19H30O2Si/c1-19(2,3)18(21)14-16(20)12-13-17(22(4,5)6)15-10-8-7-9-11-15/h7-13,16-17,20H,14H2,1-6H3/b13-12-/t16-,17+/m1/s1. The number of aliphatic hydroxyl groups is 1. The van der Waals surface area contributed by atoms with Crippen LogP contribution in [-0.4, -0.2) is 25.1 Å². The molecular formula is C19H30O2Si. The smallest absolute Gasteiger partial charge is 0.141 e. The summed E-state index contributed by atoms with van der Waals surface area (Å²) in [5.74, 6) is 0.0916. The first-order valence-corrected chi connectivity index (χ1v) is 11.5. The molecule has 2 nitrogen and oxygen atoms in total. The number of aliphatic hydroxyl groups excluding tert-OH is 1. The van der Waals surface area contributed by atoms with Crippen LogP contribution in [0.1, 0.15) is 38.3 Å². The molecule has 1 rings (SSSR count). The zero-order chi connectivity index (χ0) is 17.0. The molecule has 0 bridgehead atoms. The van der Waals surface area contributed by atoms with E-state index in [4.69, 9.17) is 0 Å². The van der Waals surface area contributed by atoms with E-state index < -0.39 is 19.6 Å². The Balaban J connectivity index is 2.85. The van der Waals surface area contributed by atoms with Gasteiger partial charge in [-0.25, -0.2) is 0 Å². The monoisotopic (exact) mass is 318 g/mol. The van der Waals surface area contributed by atoms with E-state index in [9.17, 15) is 9.90 Å². The fourth-order valence-corrected chi connectivity index (χ4v) is 4.24. The molecular weight excluding hydrogens is 288 g/mol. The van der Waals surface area contributed by atoms with Gasteiger partial charge in [-0.3, -0.25) is 4.79 Å². The summed E-state index contributed by atoms with van der Waals surface area (Å²) in [5, 5.41) is 10.2. The lowest BCUT2D eigenvalue weighted by atomic mass is 9.87. The van der Waals surface area contributed by atoms with Crippen molar-refractivity contribution in [1.29, 1.82) is 0 Å². The first-order chi connectivity index (χ1) is 10.0. The average Bonchev–Trinajstić information content (AvgIpc) is 2.37. The summed E-state index contributed by atoms with van der Waals surface area (Å²) >= 11 is 0. The first kappa shape index (κ1) is 18.9. The van der Waals surface area contributed by atoms with Crippen molar-refractivity contribution in [3.05, 3.63) is 48.0 Å². The molecule has 22 heavy (non-hydrogen) atoms. The van der Waals surface area contributed by atoms with Gasteiger partial charge in [0.2, 0.25) is 0 Å². The van der Waals surface area contributed by atoms with Crippen molar-refractivity contribution >= 4 is 13.9 Å². The average molecular weight is 319 g/mol. The first-order valence-electron chi connectivity index (χ1n) is 7.96. The number of benzene rings is 1. The molecule has 1 aromatic rings. The van der Waals surface area contributed by atoms with Crippen molar-refractivity contribution in [2.75, 3.05) is 0 Å². The van der Waals surface area contributed by atoms with Crippen molar-refractivity contribution in [2.24, 2.45) is 5.41 Å². The van der Waals surface area contributed by atoms with E-state index in [1.807, 2.05) is 26.8 Å². The van der Waals surface area contributed by atoms with Crippen molar-refractivity contribution in [2.45, 2.75) is 58.5 Å². The van der Waals surface area contributed by atoms with Crippen LogP contribution in [-0.2, 0) is 4.79 Å². The molecule has 0 amide bonds. The zero-order valence-electron chi connectivity index (χ0n) is 14.8. The van der Waals surface area contributed by atoms with Gasteiger partial charge in [0.15, 0.2) is 0 Å². The van der Waals surface area contributed by atoms with E-state index >= 15 is 0 Å². The number of rotatable bonds is 6. The van der Waals surface area contributed by atoms with Crippen LogP contribution in [0, 0.1) is 5.41 Å². The predicted molar refractivity (Wildman–Crippen MR) is 96.8 cm³/mol.